The highest BCUT2D eigenvalue weighted by Gasteiger charge is 2.17. The van der Waals surface area contributed by atoms with E-state index in [1.54, 1.807) is 6.07 Å². The molecule has 0 saturated heterocycles. The van der Waals surface area contributed by atoms with Crippen molar-refractivity contribution in [3.63, 3.8) is 0 Å². The van der Waals surface area contributed by atoms with Crippen LogP contribution in [0.1, 0.15) is 31.9 Å². The van der Waals surface area contributed by atoms with Gasteiger partial charge in [-0.3, -0.25) is 4.79 Å². The molecule has 0 spiro atoms. The first-order valence-corrected chi connectivity index (χ1v) is 8.83. The van der Waals surface area contributed by atoms with Gasteiger partial charge in [-0.1, -0.05) is 56.3 Å². The first-order chi connectivity index (χ1) is 13.0. The molecule has 6 heteroatoms. The Kier molecular flexibility index (Phi) is 7.79. The molecule has 0 unspecified atom stereocenters. The van der Waals surface area contributed by atoms with Gasteiger partial charge in [0, 0.05) is 0 Å². The highest BCUT2D eigenvalue weighted by molar-refractivity contribution is 5.81. The van der Waals surface area contributed by atoms with E-state index in [4.69, 9.17) is 9.47 Å². The predicted molar refractivity (Wildman–Crippen MR) is 99.6 cm³/mol. The molecule has 5 nitrogen and oxygen atoms in total. The highest BCUT2D eigenvalue weighted by atomic mass is 19.1. The van der Waals surface area contributed by atoms with Gasteiger partial charge in [0.1, 0.15) is 0 Å². The molecule has 2 aromatic rings. The summed E-state index contributed by atoms with van der Waals surface area (Å²) in [5.41, 5.74) is 0.994. The summed E-state index contributed by atoms with van der Waals surface area (Å²) < 4.78 is 23.4. The lowest BCUT2D eigenvalue weighted by Crippen LogP contribution is -2.33. The van der Waals surface area contributed by atoms with Crippen molar-refractivity contribution < 1.29 is 23.5 Å². The van der Waals surface area contributed by atoms with Gasteiger partial charge in [0.15, 0.2) is 24.8 Å². The average Bonchev–Trinajstić information content (AvgIpc) is 2.65. The van der Waals surface area contributed by atoms with Crippen LogP contribution < -0.4 is 10.1 Å². The van der Waals surface area contributed by atoms with Crippen LogP contribution in [0.25, 0.3) is 0 Å². The zero-order valence-corrected chi connectivity index (χ0v) is 15.5. The summed E-state index contributed by atoms with van der Waals surface area (Å²) in [7, 11) is 0. The Morgan fingerprint density at radius 1 is 1.00 bits per heavy atom. The number of para-hydroxylation sites is 1. The molecule has 0 aromatic heterocycles. The average molecular weight is 373 g/mol. The number of rotatable bonds is 9. The largest absolute Gasteiger partial charge is 0.479 e. The molecule has 0 radical (unpaired) electrons. The summed E-state index contributed by atoms with van der Waals surface area (Å²) in [6, 6.07) is 15.2. The number of amides is 1. The first-order valence-electron chi connectivity index (χ1n) is 8.83. The summed E-state index contributed by atoms with van der Waals surface area (Å²) in [6.07, 6.45) is 0.764. The van der Waals surface area contributed by atoms with E-state index in [-0.39, 0.29) is 11.8 Å². The third-order valence-corrected chi connectivity index (χ3v) is 3.79. The van der Waals surface area contributed by atoms with E-state index < -0.39 is 30.9 Å². The van der Waals surface area contributed by atoms with Crippen LogP contribution in [-0.4, -0.2) is 25.1 Å². The van der Waals surface area contributed by atoms with Crippen LogP contribution in [0.2, 0.25) is 0 Å². The summed E-state index contributed by atoms with van der Waals surface area (Å²) in [5.74, 6) is -1.37. The van der Waals surface area contributed by atoms with Gasteiger partial charge in [-0.2, -0.15) is 0 Å². The smallest absolute Gasteiger partial charge is 0.344 e. The van der Waals surface area contributed by atoms with Crippen molar-refractivity contribution in [2.24, 2.45) is 5.92 Å². The number of ether oxygens (including phenoxy) is 2. The maximum absolute atomic E-state index is 13.4. The summed E-state index contributed by atoms with van der Waals surface area (Å²) >= 11 is 0. The van der Waals surface area contributed by atoms with Crippen molar-refractivity contribution in [1.82, 2.24) is 5.32 Å². The molecule has 2 aromatic carbocycles. The minimum atomic E-state index is -0.742. The van der Waals surface area contributed by atoms with E-state index in [1.807, 2.05) is 30.3 Å². The lowest BCUT2D eigenvalue weighted by Gasteiger charge is -2.21. The molecule has 0 aliphatic rings. The zero-order chi connectivity index (χ0) is 19.6. The van der Waals surface area contributed by atoms with Gasteiger partial charge in [-0.15, -0.1) is 0 Å². The Balaban J connectivity index is 1.81. The molecule has 0 aliphatic carbocycles. The Bertz CT molecular complexity index is 749. The van der Waals surface area contributed by atoms with E-state index in [0.29, 0.717) is 5.92 Å². The third kappa shape index (κ3) is 7.09. The predicted octanol–water partition coefficient (Wildman–Crippen LogP) is 3.65. The SMILES string of the molecule is CC(C)C[C@H](NC(=O)COC(=O)COc1ccccc1F)c1ccccc1. The second-order valence-corrected chi connectivity index (χ2v) is 6.54. The van der Waals surface area contributed by atoms with Crippen molar-refractivity contribution >= 4 is 11.9 Å². The number of carbonyl (C=O) groups excluding carboxylic acids is 2. The molecule has 1 N–H and O–H groups in total. The van der Waals surface area contributed by atoms with Crippen LogP contribution >= 0.6 is 0 Å². The molecule has 0 fully saturated rings. The Hall–Kier alpha value is -2.89. The number of benzene rings is 2. The number of nitrogens with one attached hydrogen (secondary N) is 1. The standard InChI is InChI=1S/C21H24FNO4/c1-15(2)12-18(16-8-4-3-5-9-16)23-20(24)13-27-21(25)14-26-19-11-7-6-10-17(19)22/h3-11,15,18H,12-14H2,1-2H3,(H,23,24)/t18-/m0/s1. The molecule has 0 saturated carbocycles. The monoisotopic (exact) mass is 373 g/mol. The maximum atomic E-state index is 13.4. The third-order valence-electron chi connectivity index (χ3n) is 3.79. The van der Waals surface area contributed by atoms with Gasteiger partial charge in [0.2, 0.25) is 0 Å². The Labute approximate surface area is 158 Å². The van der Waals surface area contributed by atoms with E-state index in [2.05, 4.69) is 19.2 Å². The maximum Gasteiger partial charge on any atom is 0.344 e. The fourth-order valence-corrected chi connectivity index (χ4v) is 2.56. The molecular weight excluding hydrogens is 349 g/mol. The minimum Gasteiger partial charge on any atom is -0.479 e. The number of halogens is 1. The fourth-order valence-electron chi connectivity index (χ4n) is 2.56. The molecule has 0 bridgehead atoms. The van der Waals surface area contributed by atoms with E-state index in [0.717, 1.165) is 12.0 Å². The van der Waals surface area contributed by atoms with Crippen LogP contribution in [0.15, 0.2) is 54.6 Å². The fraction of sp³-hybridized carbons (Fsp3) is 0.333. The normalized spacial score (nSPS) is 11.7. The Morgan fingerprint density at radius 2 is 1.67 bits per heavy atom. The van der Waals surface area contributed by atoms with Crippen molar-refractivity contribution in [3.8, 4) is 5.75 Å². The highest BCUT2D eigenvalue weighted by Crippen LogP contribution is 2.21. The van der Waals surface area contributed by atoms with Gasteiger partial charge in [-0.05, 0) is 30.0 Å². The van der Waals surface area contributed by atoms with Gasteiger partial charge >= 0.3 is 5.97 Å². The molecule has 144 valence electrons. The van der Waals surface area contributed by atoms with Gasteiger partial charge < -0.3 is 14.8 Å². The topological polar surface area (TPSA) is 64.6 Å². The van der Waals surface area contributed by atoms with Crippen molar-refractivity contribution in [2.45, 2.75) is 26.3 Å². The van der Waals surface area contributed by atoms with Crippen molar-refractivity contribution in [1.29, 1.82) is 0 Å². The van der Waals surface area contributed by atoms with Crippen LogP contribution in [0, 0.1) is 11.7 Å². The van der Waals surface area contributed by atoms with E-state index in [9.17, 15) is 14.0 Å². The molecule has 1 amide bonds. The van der Waals surface area contributed by atoms with Gasteiger partial charge in [0.25, 0.3) is 5.91 Å². The van der Waals surface area contributed by atoms with Gasteiger partial charge in [0.05, 0.1) is 6.04 Å². The molecule has 0 heterocycles. The second-order valence-electron chi connectivity index (χ2n) is 6.54. The molecule has 0 aliphatic heterocycles. The lowest BCUT2D eigenvalue weighted by molar-refractivity contribution is -0.150. The Morgan fingerprint density at radius 3 is 2.33 bits per heavy atom. The first kappa shape index (κ1) is 20.4. The zero-order valence-electron chi connectivity index (χ0n) is 15.5. The molecule has 2 rings (SSSR count). The van der Waals surface area contributed by atoms with Gasteiger partial charge in [-0.25, -0.2) is 9.18 Å². The van der Waals surface area contributed by atoms with Crippen LogP contribution in [0.3, 0.4) is 0 Å². The summed E-state index contributed by atoms with van der Waals surface area (Å²) in [6.45, 7) is 3.26. The van der Waals surface area contributed by atoms with Crippen LogP contribution in [0.5, 0.6) is 5.75 Å². The number of hydrogen-bond donors (Lipinski definition) is 1. The summed E-state index contributed by atoms with van der Waals surface area (Å²) in [4.78, 5) is 23.9. The summed E-state index contributed by atoms with van der Waals surface area (Å²) in [5, 5.41) is 2.89. The quantitative estimate of drug-likeness (QED) is 0.682. The molecular formula is C21H24FNO4. The van der Waals surface area contributed by atoms with Crippen molar-refractivity contribution in [3.05, 3.63) is 66.0 Å². The lowest BCUT2D eigenvalue weighted by atomic mass is 9.97. The molecule has 27 heavy (non-hydrogen) atoms. The molecule has 1 atom stereocenters. The van der Waals surface area contributed by atoms with E-state index >= 15 is 0 Å². The second kappa shape index (κ2) is 10.3. The number of esters is 1. The minimum absolute atomic E-state index is 0.0417. The van der Waals surface area contributed by atoms with Crippen molar-refractivity contribution in [2.75, 3.05) is 13.2 Å². The van der Waals surface area contributed by atoms with Crippen LogP contribution in [-0.2, 0) is 14.3 Å². The number of carbonyl (C=O) groups is 2. The van der Waals surface area contributed by atoms with E-state index in [1.165, 1.54) is 18.2 Å². The van der Waals surface area contributed by atoms with Crippen LogP contribution in [0.4, 0.5) is 4.39 Å². The number of hydrogen-bond acceptors (Lipinski definition) is 4.